The summed E-state index contributed by atoms with van der Waals surface area (Å²) in [5, 5.41) is 6.20. The van der Waals surface area contributed by atoms with Crippen LogP contribution in [-0.4, -0.2) is 29.9 Å². The molecule has 0 radical (unpaired) electrons. The van der Waals surface area contributed by atoms with Crippen molar-refractivity contribution in [3.63, 3.8) is 0 Å². The Morgan fingerprint density at radius 1 is 1.15 bits per heavy atom. The number of nitrogens with zero attached hydrogens (tertiary/aromatic N) is 1. The number of fused-ring (bicyclic) bond motifs is 1. The Bertz CT molecular complexity index is 925. The van der Waals surface area contributed by atoms with Gasteiger partial charge >= 0.3 is 0 Å². The first-order valence-electron chi connectivity index (χ1n) is 8.82. The molecule has 7 heteroatoms. The highest BCUT2D eigenvalue weighted by Gasteiger charge is 2.09. The van der Waals surface area contributed by atoms with Crippen LogP contribution in [0, 0.1) is 0 Å². The van der Waals surface area contributed by atoms with Crippen LogP contribution >= 0.6 is 11.3 Å². The predicted octanol–water partition coefficient (Wildman–Crippen LogP) is 3.84. The number of benzene rings is 2. The third kappa shape index (κ3) is 5.27. The maximum absolute atomic E-state index is 12.1. The van der Waals surface area contributed by atoms with E-state index in [4.69, 9.17) is 4.74 Å². The second-order valence-electron chi connectivity index (χ2n) is 5.86. The molecule has 0 bridgehead atoms. The minimum atomic E-state index is -0.132. The molecule has 0 unspecified atom stereocenters. The van der Waals surface area contributed by atoms with Crippen LogP contribution in [0.25, 0.3) is 10.2 Å². The summed E-state index contributed by atoms with van der Waals surface area (Å²) in [6.45, 7) is 2.98. The summed E-state index contributed by atoms with van der Waals surface area (Å²) < 4.78 is 6.44. The Hall–Kier alpha value is -2.93. The SMILES string of the molecule is CCOc1ccc2nc(NC(=O)CCCNC(=O)c3ccccc3)sc2c1. The van der Waals surface area contributed by atoms with Gasteiger partial charge in [-0.25, -0.2) is 4.98 Å². The molecular weight excluding hydrogens is 362 g/mol. The molecule has 0 aliphatic rings. The molecule has 6 nitrogen and oxygen atoms in total. The molecule has 3 rings (SSSR count). The Kier molecular flexibility index (Phi) is 6.38. The number of ether oxygens (including phenoxy) is 1. The van der Waals surface area contributed by atoms with Gasteiger partial charge in [0, 0.05) is 18.5 Å². The number of anilines is 1. The average molecular weight is 383 g/mol. The van der Waals surface area contributed by atoms with Gasteiger partial charge in [-0.05, 0) is 43.7 Å². The summed E-state index contributed by atoms with van der Waals surface area (Å²) in [6, 6.07) is 14.7. The summed E-state index contributed by atoms with van der Waals surface area (Å²) in [5.74, 6) is 0.543. The zero-order chi connectivity index (χ0) is 19.1. The van der Waals surface area contributed by atoms with Gasteiger partial charge in [0.1, 0.15) is 5.75 Å². The lowest BCUT2D eigenvalue weighted by Gasteiger charge is -2.05. The van der Waals surface area contributed by atoms with E-state index in [2.05, 4.69) is 15.6 Å². The summed E-state index contributed by atoms with van der Waals surface area (Å²) in [5.41, 5.74) is 1.44. The van der Waals surface area contributed by atoms with Crippen molar-refractivity contribution in [2.45, 2.75) is 19.8 Å². The minimum absolute atomic E-state index is 0.118. The molecule has 2 N–H and O–H groups in total. The molecule has 140 valence electrons. The van der Waals surface area contributed by atoms with Crippen LogP contribution in [0.5, 0.6) is 5.75 Å². The molecule has 2 aromatic carbocycles. The first kappa shape index (κ1) is 18.8. The highest BCUT2D eigenvalue weighted by Crippen LogP contribution is 2.29. The maximum atomic E-state index is 12.1. The fourth-order valence-electron chi connectivity index (χ4n) is 2.54. The lowest BCUT2D eigenvalue weighted by atomic mass is 10.2. The number of aromatic nitrogens is 1. The first-order valence-corrected chi connectivity index (χ1v) is 9.64. The fraction of sp³-hybridized carbons (Fsp3) is 0.250. The van der Waals surface area contributed by atoms with Gasteiger partial charge in [0.05, 0.1) is 16.8 Å². The zero-order valence-electron chi connectivity index (χ0n) is 15.0. The maximum Gasteiger partial charge on any atom is 0.251 e. The van der Waals surface area contributed by atoms with Crippen molar-refractivity contribution in [2.24, 2.45) is 0 Å². The molecular formula is C20H21N3O3S. The van der Waals surface area contributed by atoms with Crippen LogP contribution in [-0.2, 0) is 4.79 Å². The van der Waals surface area contributed by atoms with Crippen LogP contribution < -0.4 is 15.4 Å². The molecule has 0 fully saturated rings. The number of hydrogen-bond donors (Lipinski definition) is 2. The van der Waals surface area contributed by atoms with Crippen molar-refractivity contribution in [3.8, 4) is 5.75 Å². The van der Waals surface area contributed by atoms with E-state index in [0.717, 1.165) is 16.0 Å². The molecule has 0 saturated heterocycles. The Morgan fingerprint density at radius 3 is 2.74 bits per heavy atom. The first-order chi connectivity index (χ1) is 13.2. The van der Waals surface area contributed by atoms with Gasteiger partial charge in [0.25, 0.3) is 5.91 Å². The Balaban J connectivity index is 1.45. The second kappa shape index (κ2) is 9.14. The van der Waals surface area contributed by atoms with Crippen LogP contribution in [0.3, 0.4) is 0 Å². The number of carbonyl (C=O) groups excluding carboxylic acids is 2. The molecule has 0 saturated carbocycles. The van der Waals surface area contributed by atoms with Crippen molar-refractivity contribution in [1.82, 2.24) is 10.3 Å². The van der Waals surface area contributed by atoms with E-state index in [1.165, 1.54) is 11.3 Å². The van der Waals surface area contributed by atoms with E-state index in [0.29, 0.717) is 36.7 Å². The van der Waals surface area contributed by atoms with Gasteiger partial charge < -0.3 is 15.4 Å². The van der Waals surface area contributed by atoms with Gasteiger partial charge in [0.2, 0.25) is 5.91 Å². The van der Waals surface area contributed by atoms with E-state index in [1.54, 1.807) is 12.1 Å². The van der Waals surface area contributed by atoms with Gasteiger partial charge in [-0.15, -0.1) is 0 Å². The molecule has 27 heavy (non-hydrogen) atoms. The summed E-state index contributed by atoms with van der Waals surface area (Å²) in [6.07, 6.45) is 0.874. The fourth-order valence-corrected chi connectivity index (χ4v) is 3.45. The molecule has 1 heterocycles. The predicted molar refractivity (Wildman–Crippen MR) is 107 cm³/mol. The largest absolute Gasteiger partial charge is 0.494 e. The van der Waals surface area contributed by atoms with Crippen molar-refractivity contribution < 1.29 is 14.3 Å². The zero-order valence-corrected chi connectivity index (χ0v) is 15.8. The molecule has 0 aliphatic carbocycles. The Morgan fingerprint density at radius 2 is 1.96 bits per heavy atom. The number of amides is 2. The smallest absolute Gasteiger partial charge is 0.251 e. The van der Waals surface area contributed by atoms with E-state index in [1.807, 2.05) is 43.3 Å². The van der Waals surface area contributed by atoms with Gasteiger partial charge in [-0.2, -0.15) is 0 Å². The monoisotopic (exact) mass is 383 g/mol. The number of hydrogen-bond acceptors (Lipinski definition) is 5. The topological polar surface area (TPSA) is 80.3 Å². The lowest BCUT2D eigenvalue weighted by Crippen LogP contribution is -2.25. The van der Waals surface area contributed by atoms with E-state index in [-0.39, 0.29) is 11.8 Å². The van der Waals surface area contributed by atoms with Gasteiger partial charge in [-0.3, -0.25) is 9.59 Å². The van der Waals surface area contributed by atoms with Gasteiger partial charge in [0.15, 0.2) is 5.13 Å². The average Bonchev–Trinajstić information content (AvgIpc) is 3.07. The number of thiazole rings is 1. The Labute approximate surface area is 161 Å². The molecule has 0 atom stereocenters. The van der Waals surface area contributed by atoms with Crippen molar-refractivity contribution in [3.05, 3.63) is 54.1 Å². The third-order valence-electron chi connectivity index (χ3n) is 3.82. The molecule has 1 aromatic heterocycles. The third-order valence-corrected chi connectivity index (χ3v) is 4.75. The van der Waals surface area contributed by atoms with Crippen molar-refractivity contribution >= 4 is 38.5 Å². The lowest BCUT2D eigenvalue weighted by molar-refractivity contribution is -0.116. The van der Waals surface area contributed by atoms with Crippen LogP contribution in [0.2, 0.25) is 0 Å². The van der Waals surface area contributed by atoms with Crippen molar-refractivity contribution in [2.75, 3.05) is 18.5 Å². The van der Waals surface area contributed by atoms with Crippen molar-refractivity contribution in [1.29, 1.82) is 0 Å². The highest BCUT2D eigenvalue weighted by molar-refractivity contribution is 7.22. The quantitative estimate of drug-likeness (QED) is 0.579. The van der Waals surface area contributed by atoms with Crippen LogP contribution in [0.4, 0.5) is 5.13 Å². The van der Waals surface area contributed by atoms with Gasteiger partial charge in [-0.1, -0.05) is 29.5 Å². The number of nitrogens with one attached hydrogen (secondary N) is 2. The standard InChI is InChI=1S/C20H21N3O3S/c1-2-26-15-10-11-16-17(13-15)27-20(22-16)23-18(24)9-6-12-21-19(25)14-7-4-3-5-8-14/h3-5,7-8,10-11,13H,2,6,9,12H2,1H3,(H,21,25)(H,22,23,24). The second-order valence-corrected chi connectivity index (χ2v) is 6.89. The summed E-state index contributed by atoms with van der Waals surface area (Å²) in [4.78, 5) is 28.4. The molecule has 0 spiro atoms. The molecule has 2 amide bonds. The van der Waals surface area contributed by atoms with E-state index < -0.39 is 0 Å². The van der Waals surface area contributed by atoms with Crippen LogP contribution in [0.15, 0.2) is 48.5 Å². The minimum Gasteiger partial charge on any atom is -0.494 e. The van der Waals surface area contributed by atoms with E-state index in [9.17, 15) is 9.59 Å². The highest BCUT2D eigenvalue weighted by atomic mass is 32.1. The van der Waals surface area contributed by atoms with E-state index >= 15 is 0 Å². The molecule has 0 aliphatic heterocycles. The number of rotatable bonds is 8. The summed E-state index contributed by atoms with van der Waals surface area (Å²) in [7, 11) is 0. The summed E-state index contributed by atoms with van der Waals surface area (Å²) >= 11 is 1.41. The molecule has 3 aromatic rings. The number of carbonyl (C=O) groups is 2. The normalized spacial score (nSPS) is 10.6. The van der Waals surface area contributed by atoms with Crippen LogP contribution in [0.1, 0.15) is 30.1 Å².